The van der Waals surface area contributed by atoms with Gasteiger partial charge in [-0.05, 0) is 141 Å². The van der Waals surface area contributed by atoms with Gasteiger partial charge < -0.3 is 14.2 Å². The maximum atomic E-state index is 6.28. The van der Waals surface area contributed by atoms with Crippen LogP contribution in [0.4, 0.5) is 34.1 Å². The number of para-hydroxylation sites is 2. The third kappa shape index (κ3) is 6.85. The molecule has 314 valence electrons. The zero-order valence-electron chi connectivity index (χ0n) is 36.9. The first-order valence-electron chi connectivity index (χ1n) is 22.7. The summed E-state index contributed by atoms with van der Waals surface area (Å²) in [4.78, 5) is 4.79. The molecular weight excluding hydrogens is 801 g/mol. The average molecular weight is 847 g/mol. The lowest BCUT2D eigenvalue weighted by atomic mass is 9.82. The van der Waals surface area contributed by atoms with Crippen LogP contribution in [0, 0.1) is 0 Å². The van der Waals surface area contributed by atoms with Crippen molar-refractivity contribution < 1.29 is 4.42 Å². The Hall–Kier alpha value is -8.40. The SMILES string of the molecule is CC1(C)c2cc(N(c3ccccc3)c3ccc(-c4ccc(-c5ccccc5)cc4)cc3)ccc2-c2ccc(N(c3ccc(-c4cc5ccccc5o4)cc3)c3cccc4ccccc34)cc21. The van der Waals surface area contributed by atoms with E-state index in [1.165, 1.54) is 55.3 Å². The zero-order chi connectivity index (χ0) is 44.2. The van der Waals surface area contributed by atoms with Crippen molar-refractivity contribution in [2.75, 3.05) is 9.80 Å². The third-order valence-corrected chi connectivity index (χ3v) is 13.5. The predicted molar refractivity (Wildman–Crippen MR) is 277 cm³/mol. The van der Waals surface area contributed by atoms with Gasteiger partial charge in [0.1, 0.15) is 11.3 Å². The van der Waals surface area contributed by atoms with E-state index in [0.29, 0.717) is 0 Å². The Morgan fingerprint density at radius 2 is 0.788 bits per heavy atom. The lowest BCUT2D eigenvalue weighted by Gasteiger charge is -2.29. The molecule has 0 fully saturated rings. The fraction of sp³-hybridized carbons (Fsp3) is 0.0476. The lowest BCUT2D eigenvalue weighted by Crippen LogP contribution is -2.17. The van der Waals surface area contributed by atoms with Gasteiger partial charge in [-0.25, -0.2) is 0 Å². The quantitative estimate of drug-likeness (QED) is 0.144. The number of benzene rings is 10. The molecule has 11 aromatic rings. The van der Waals surface area contributed by atoms with Crippen LogP contribution in [0.3, 0.4) is 0 Å². The van der Waals surface area contributed by atoms with Crippen molar-refractivity contribution in [3.8, 4) is 44.7 Å². The van der Waals surface area contributed by atoms with Crippen LogP contribution in [-0.4, -0.2) is 0 Å². The van der Waals surface area contributed by atoms with Crippen molar-refractivity contribution in [3.63, 3.8) is 0 Å². The first-order valence-corrected chi connectivity index (χ1v) is 22.7. The van der Waals surface area contributed by atoms with Crippen molar-refractivity contribution in [1.82, 2.24) is 0 Å². The highest BCUT2D eigenvalue weighted by Gasteiger charge is 2.37. The van der Waals surface area contributed by atoms with Crippen LogP contribution in [0.2, 0.25) is 0 Å². The molecule has 0 spiro atoms. The van der Waals surface area contributed by atoms with E-state index in [1.54, 1.807) is 0 Å². The van der Waals surface area contributed by atoms with Crippen molar-refractivity contribution in [1.29, 1.82) is 0 Å². The Kier molecular flexibility index (Phi) is 9.50. The van der Waals surface area contributed by atoms with Crippen LogP contribution in [0.5, 0.6) is 0 Å². The van der Waals surface area contributed by atoms with Crippen molar-refractivity contribution in [2.24, 2.45) is 0 Å². The number of fused-ring (bicyclic) bond motifs is 5. The predicted octanol–water partition coefficient (Wildman–Crippen LogP) is 17.8. The van der Waals surface area contributed by atoms with Gasteiger partial charge in [0.25, 0.3) is 0 Å². The summed E-state index contributed by atoms with van der Waals surface area (Å²) in [6.45, 7) is 4.75. The lowest BCUT2D eigenvalue weighted by molar-refractivity contribution is 0.631. The number of hydrogen-bond donors (Lipinski definition) is 0. The molecule has 12 rings (SSSR count). The summed E-state index contributed by atoms with van der Waals surface area (Å²) in [5.41, 5.74) is 18.4. The Morgan fingerprint density at radius 1 is 0.333 bits per heavy atom. The minimum absolute atomic E-state index is 0.273. The molecule has 3 nitrogen and oxygen atoms in total. The monoisotopic (exact) mass is 846 g/mol. The Balaban J connectivity index is 0.905. The summed E-state index contributed by atoms with van der Waals surface area (Å²) in [7, 11) is 0. The summed E-state index contributed by atoms with van der Waals surface area (Å²) < 4.78 is 6.28. The highest BCUT2D eigenvalue weighted by molar-refractivity contribution is 6.00. The first-order chi connectivity index (χ1) is 32.5. The molecule has 0 radical (unpaired) electrons. The van der Waals surface area contributed by atoms with Gasteiger partial charge in [-0.2, -0.15) is 0 Å². The van der Waals surface area contributed by atoms with E-state index in [9.17, 15) is 0 Å². The zero-order valence-corrected chi connectivity index (χ0v) is 36.9. The van der Waals surface area contributed by atoms with Gasteiger partial charge in [-0.1, -0.05) is 166 Å². The van der Waals surface area contributed by atoms with E-state index in [2.05, 4.69) is 254 Å². The number of hydrogen-bond acceptors (Lipinski definition) is 3. The van der Waals surface area contributed by atoms with Gasteiger partial charge in [-0.15, -0.1) is 0 Å². The fourth-order valence-electron chi connectivity index (χ4n) is 10.0. The average Bonchev–Trinajstić information content (AvgIpc) is 3.91. The second-order valence-electron chi connectivity index (χ2n) is 17.8. The van der Waals surface area contributed by atoms with Crippen LogP contribution in [0.15, 0.2) is 247 Å². The Bertz CT molecular complexity index is 3500. The van der Waals surface area contributed by atoms with Gasteiger partial charge in [-0.3, -0.25) is 0 Å². The largest absolute Gasteiger partial charge is 0.456 e. The van der Waals surface area contributed by atoms with E-state index < -0.39 is 0 Å². The molecule has 0 aliphatic heterocycles. The first kappa shape index (κ1) is 39.2. The van der Waals surface area contributed by atoms with Gasteiger partial charge in [0, 0.05) is 50.2 Å². The normalized spacial score (nSPS) is 12.5. The molecule has 0 saturated carbocycles. The number of rotatable bonds is 9. The molecule has 0 saturated heterocycles. The van der Waals surface area contributed by atoms with Crippen LogP contribution >= 0.6 is 0 Å². The molecule has 66 heavy (non-hydrogen) atoms. The van der Waals surface area contributed by atoms with Gasteiger partial charge in [0.15, 0.2) is 0 Å². The fourth-order valence-corrected chi connectivity index (χ4v) is 10.0. The summed E-state index contributed by atoms with van der Waals surface area (Å²) in [5, 5.41) is 3.51. The maximum Gasteiger partial charge on any atom is 0.135 e. The molecule has 0 amide bonds. The highest BCUT2D eigenvalue weighted by Crippen LogP contribution is 2.53. The number of anilines is 6. The molecule has 0 N–H and O–H groups in total. The molecular formula is C63H46N2O. The number of nitrogens with zero attached hydrogens (tertiary/aromatic N) is 2. The van der Waals surface area contributed by atoms with E-state index in [1.807, 2.05) is 12.1 Å². The minimum Gasteiger partial charge on any atom is -0.456 e. The van der Waals surface area contributed by atoms with Crippen molar-refractivity contribution in [3.05, 3.63) is 254 Å². The van der Waals surface area contributed by atoms with E-state index in [4.69, 9.17) is 4.42 Å². The Morgan fingerprint density at radius 3 is 1.42 bits per heavy atom. The van der Waals surface area contributed by atoms with E-state index in [0.717, 1.165) is 56.4 Å². The molecule has 1 aromatic heterocycles. The molecule has 1 heterocycles. The minimum atomic E-state index is -0.273. The number of furan rings is 1. The molecule has 3 heteroatoms. The summed E-state index contributed by atoms with van der Waals surface area (Å²) >= 11 is 0. The summed E-state index contributed by atoms with van der Waals surface area (Å²) in [5.74, 6) is 0.865. The van der Waals surface area contributed by atoms with Gasteiger partial charge >= 0.3 is 0 Å². The van der Waals surface area contributed by atoms with Crippen LogP contribution < -0.4 is 9.80 Å². The van der Waals surface area contributed by atoms with Crippen LogP contribution in [0.1, 0.15) is 25.0 Å². The molecule has 0 bridgehead atoms. The Labute approximate surface area is 386 Å². The molecule has 1 aliphatic carbocycles. The van der Waals surface area contributed by atoms with Crippen LogP contribution in [-0.2, 0) is 5.41 Å². The van der Waals surface area contributed by atoms with Gasteiger partial charge in [0.2, 0.25) is 0 Å². The molecule has 0 unspecified atom stereocenters. The standard InChI is InChI=1S/C63H46N2O/c1-63(2)58-41-53(64(50-19-7-4-8-20-50)51-32-28-46(29-33-51)45-26-24-44(25-27-45)43-14-5-3-6-15-43)36-38-56(58)57-39-37-54(42-59(57)63)65(60-22-13-18-47-16-9-11-21-55(47)60)52-34-30-48(31-35-52)62-40-49-17-10-12-23-61(49)66-62/h3-42H,1-2H3. The second kappa shape index (κ2) is 16.0. The van der Waals surface area contributed by atoms with Crippen molar-refractivity contribution in [2.45, 2.75) is 19.3 Å². The molecule has 10 aromatic carbocycles. The highest BCUT2D eigenvalue weighted by atomic mass is 16.3. The van der Waals surface area contributed by atoms with E-state index in [-0.39, 0.29) is 5.41 Å². The molecule has 0 atom stereocenters. The van der Waals surface area contributed by atoms with Crippen molar-refractivity contribution >= 4 is 55.9 Å². The van der Waals surface area contributed by atoms with Gasteiger partial charge in [0.05, 0.1) is 5.69 Å². The smallest absolute Gasteiger partial charge is 0.135 e. The molecule has 1 aliphatic rings. The second-order valence-corrected chi connectivity index (χ2v) is 17.8. The topological polar surface area (TPSA) is 19.6 Å². The summed E-state index contributed by atoms with van der Waals surface area (Å²) in [6, 6.07) is 87.5. The van der Waals surface area contributed by atoms with E-state index >= 15 is 0 Å². The van der Waals surface area contributed by atoms with Crippen LogP contribution in [0.25, 0.3) is 66.4 Å². The maximum absolute atomic E-state index is 6.28. The summed E-state index contributed by atoms with van der Waals surface area (Å²) in [6.07, 6.45) is 0. The third-order valence-electron chi connectivity index (χ3n) is 13.5.